The molecule has 31 heteroatoms. The third kappa shape index (κ3) is 18.5. The number of alkyl halides is 11. The van der Waals surface area contributed by atoms with E-state index in [1.54, 1.807) is 20.8 Å². The smallest absolute Gasteiger partial charge is 0.550 e. The van der Waals surface area contributed by atoms with E-state index in [2.05, 4.69) is 24.5 Å². The van der Waals surface area contributed by atoms with Crippen molar-refractivity contribution >= 4 is 81.8 Å². The standard InChI is InChI=1S/C22H26F6O7.C17H23ClO4.C15H22O3.C5H7F3O3.C2H2Cl2O.Na/c1-11(2)17(31)35-19-6-12-4-13(7-19)18(3,14(5-12)8-19)34-16(30)10-33-15(29)9-20(32,21(23,24)25)22(26,27)28;1-10(2)15(20)22-17-6-11-4-12(7-17)16(3,13(5-11)8-17)21-14(19)9-18;1-9(2)13(16)18-15-6-10-4-11(7-15)14(3,17)12(5-10)8-15;1-4(11,2-3(9)10)5(6,7)8;3-1-2(4)5;/h12-14,32H,1,4-10H2,2-3H3;11-13H,1,4-9H2,2-3H3;10-12,17H,1,4-8H2,2-3H3;11H,2H2,1H3,(H,9,10);1H2;/q;;;;;+1/p-1. The minimum atomic E-state index is -6.19. The normalized spacial score (nSPS) is 34.4. The van der Waals surface area contributed by atoms with Crippen molar-refractivity contribution in [2.24, 2.45) is 53.3 Å². The van der Waals surface area contributed by atoms with Gasteiger partial charge in [0.15, 0.2) is 12.2 Å². The van der Waals surface area contributed by atoms with E-state index in [0.717, 1.165) is 64.2 Å². The van der Waals surface area contributed by atoms with E-state index < -0.39 is 101 Å². The average molecular weight is 1400 g/mol. The van der Waals surface area contributed by atoms with Gasteiger partial charge in [0.25, 0.3) is 5.60 Å². The van der Waals surface area contributed by atoms with Crippen LogP contribution in [0.15, 0.2) is 36.5 Å². The Labute approximate surface area is 564 Å². The Bertz CT molecular complexity index is 2760. The van der Waals surface area contributed by atoms with Gasteiger partial charge in [0.05, 0.1) is 17.9 Å². The molecule has 0 saturated heterocycles. The van der Waals surface area contributed by atoms with Gasteiger partial charge in [0, 0.05) is 52.8 Å². The molecule has 12 saturated carbocycles. The maximum atomic E-state index is 12.7. The van der Waals surface area contributed by atoms with E-state index in [4.69, 9.17) is 68.7 Å². The summed E-state index contributed by atoms with van der Waals surface area (Å²) in [7, 11) is 0. The third-order valence-electron chi connectivity index (χ3n) is 19.9. The zero-order chi connectivity index (χ0) is 69.4. The molecule has 0 radical (unpaired) electrons. The van der Waals surface area contributed by atoms with Crippen LogP contribution in [0.1, 0.15) is 158 Å². The van der Waals surface area contributed by atoms with Gasteiger partial charge in [0.1, 0.15) is 33.9 Å². The summed E-state index contributed by atoms with van der Waals surface area (Å²) in [6.07, 6.45) is -9.03. The average Bonchev–Trinajstić information content (AvgIpc) is 0.731. The molecular formula is C61H79Cl3F9NaO18. The van der Waals surface area contributed by atoms with Crippen molar-refractivity contribution in [3.05, 3.63) is 36.5 Å². The summed E-state index contributed by atoms with van der Waals surface area (Å²) in [5, 5.41) is 37.3. The van der Waals surface area contributed by atoms with Gasteiger partial charge in [0.2, 0.25) is 5.24 Å². The van der Waals surface area contributed by atoms with Crippen LogP contribution < -0.4 is 34.7 Å². The molecule has 12 fully saturated rings. The van der Waals surface area contributed by atoms with Crippen LogP contribution in [0.2, 0.25) is 0 Å². The van der Waals surface area contributed by atoms with Crippen LogP contribution in [0.25, 0.3) is 0 Å². The van der Waals surface area contributed by atoms with E-state index in [1.165, 1.54) is 6.92 Å². The summed E-state index contributed by atoms with van der Waals surface area (Å²) in [6, 6.07) is 0. The molecule has 0 aromatic carbocycles. The van der Waals surface area contributed by atoms with Crippen molar-refractivity contribution in [1.29, 1.82) is 0 Å². The van der Waals surface area contributed by atoms with Crippen LogP contribution in [0.3, 0.4) is 0 Å². The van der Waals surface area contributed by atoms with E-state index in [-0.39, 0.29) is 106 Å². The van der Waals surface area contributed by atoms with Gasteiger partial charge in [-0.2, -0.15) is 39.5 Å². The Kier molecular flexibility index (Phi) is 25.9. The van der Waals surface area contributed by atoms with Crippen LogP contribution in [-0.4, -0.2) is 144 Å². The SMILES string of the molecule is C=C(C)C(=O)OC12CC3CC(C1)C(C)(O)C(C3)C2.C=C(C)C(=O)OC12CC3CC(C1)C(C)(OC(=O)CCl)C(C3)C2.C=C(C)C(=O)OC12CC3CC(C1)C(C)(OC(=O)COC(=O)CC(O)(C(F)(F)F)C(F)(F)F)C(C3)C2.CC(O)(CC(=O)[O-])C(F)(F)F.O=C(Cl)CCl.[Na+]. The van der Waals surface area contributed by atoms with E-state index in [9.17, 15) is 88.1 Å². The Morgan fingerprint density at radius 2 is 0.793 bits per heavy atom. The Hall–Kier alpha value is -3.70. The Balaban J connectivity index is 0.000000272. The van der Waals surface area contributed by atoms with Crippen LogP contribution >= 0.6 is 34.8 Å². The fourth-order valence-electron chi connectivity index (χ4n) is 15.6. The van der Waals surface area contributed by atoms with Gasteiger partial charge in [-0.1, -0.05) is 19.7 Å². The largest absolute Gasteiger partial charge is 1.00 e. The first-order chi connectivity index (χ1) is 41.4. The van der Waals surface area contributed by atoms with Gasteiger partial charge in [-0.3, -0.25) is 14.4 Å². The molecule has 0 spiro atoms. The molecule has 0 aromatic heterocycles. The number of esters is 6. The second-order valence-corrected chi connectivity index (χ2v) is 28.2. The van der Waals surface area contributed by atoms with Gasteiger partial charge in [-0.15, -0.1) is 23.2 Å². The van der Waals surface area contributed by atoms with Crippen LogP contribution in [0.5, 0.6) is 0 Å². The number of hydrogen-bond donors (Lipinski definition) is 3. The van der Waals surface area contributed by atoms with Crippen molar-refractivity contribution in [2.45, 2.75) is 221 Å². The first-order valence-corrected chi connectivity index (χ1v) is 30.9. The van der Waals surface area contributed by atoms with E-state index in [0.29, 0.717) is 73.8 Å². The first kappa shape index (κ1) is 80.7. The van der Waals surface area contributed by atoms with Gasteiger partial charge in [-0.25, -0.2) is 19.2 Å². The van der Waals surface area contributed by atoms with Crippen LogP contribution in [-0.2, 0) is 66.8 Å². The molecule has 12 rings (SSSR count). The molecule has 516 valence electrons. The molecular weight excluding hydrogens is 1320 g/mol. The minimum Gasteiger partial charge on any atom is -0.550 e. The molecule has 7 atom stereocenters. The van der Waals surface area contributed by atoms with Crippen molar-refractivity contribution in [3.8, 4) is 0 Å². The summed E-state index contributed by atoms with van der Waals surface area (Å²) in [6.45, 7) is 20.6. The third-order valence-corrected chi connectivity index (χ3v) is 20.7. The predicted octanol–water partition coefficient (Wildman–Crippen LogP) is 6.87. The van der Waals surface area contributed by atoms with Crippen molar-refractivity contribution in [2.75, 3.05) is 18.4 Å². The van der Waals surface area contributed by atoms with Gasteiger partial charge >= 0.3 is 83.9 Å². The van der Waals surface area contributed by atoms with Gasteiger partial charge in [-0.05, 0) is 186 Å². The molecule has 0 amide bonds. The van der Waals surface area contributed by atoms with E-state index >= 15 is 0 Å². The Morgan fingerprint density at radius 3 is 1.04 bits per heavy atom. The summed E-state index contributed by atoms with van der Waals surface area (Å²) < 4.78 is 144. The van der Waals surface area contributed by atoms with Crippen LogP contribution in [0.4, 0.5) is 39.5 Å². The first-order valence-electron chi connectivity index (χ1n) is 29.5. The molecule has 12 bridgehead atoms. The van der Waals surface area contributed by atoms with Crippen molar-refractivity contribution < 1.29 is 156 Å². The molecule has 12 aliphatic carbocycles. The fraction of sp³-hybridized carbons (Fsp3) is 0.770. The van der Waals surface area contributed by atoms with Crippen molar-refractivity contribution in [3.63, 3.8) is 0 Å². The topological polar surface area (TPSA) is 276 Å². The fourth-order valence-corrected chi connectivity index (χ4v) is 15.7. The minimum absolute atomic E-state index is 0. The maximum absolute atomic E-state index is 12.7. The molecule has 0 heterocycles. The number of aliphatic carboxylic acids is 1. The zero-order valence-electron chi connectivity index (χ0n) is 52.5. The zero-order valence-corrected chi connectivity index (χ0v) is 56.7. The second kappa shape index (κ2) is 29.6. The number of ether oxygens (including phenoxy) is 6. The summed E-state index contributed by atoms with van der Waals surface area (Å²) in [4.78, 5) is 90.7. The van der Waals surface area contributed by atoms with Crippen LogP contribution in [0, 0.1) is 53.3 Å². The van der Waals surface area contributed by atoms with E-state index in [1.807, 2.05) is 13.8 Å². The molecule has 12 aliphatic rings. The molecule has 3 N–H and O–H groups in total. The number of aliphatic hydroxyl groups is 3. The number of carboxylic acid groups (broad SMARTS) is 1. The Morgan fingerprint density at radius 1 is 0.500 bits per heavy atom. The molecule has 0 aromatic rings. The predicted molar refractivity (Wildman–Crippen MR) is 302 cm³/mol. The maximum Gasteiger partial charge on any atom is 1.00 e. The summed E-state index contributed by atoms with van der Waals surface area (Å²) in [5.41, 5.74) is -10.9. The molecule has 18 nitrogen and oxygen atoms in total. The summed E-state index contributed by atoms with van der Waals surface area (Å²) in [5.74, 6) is -4.77. The monoisotopic (exact) mass is 1400 g/mol. The van der Waals surface area contributed by atoms with Gasteiger partial charge < -0.3 is 53.6 Å². The number of carbonyl (C=O) groups is 8. The number of carboxylic acids is 1. The number of carbonyl (C=O) groups excluding carboxylic acids is 8. The molecule has 7 unspecified atom stereocenters. The summed E-state index contributed by atoms with van der Waals surface area (Å²) >= 11 is 15.2. The molecule has 92 heavy (non-hydrogen) atoms. The second-order valence-electron chi connectivity index (χ2n) is 27.3. The number of halogens is 12. The number of hydrogen-bond acceptors (Lipinski definition) is 18. The quantitative estimate of drug-likeness (QED) is 0.0270. The molecule has 0 aliphatic heterocycles. The number of rotatable bonds is 16. The van der Waals surface area contributed by atoms with Crippen molar-refractivity contribution in [1.82, 2.24) is 0 Å².